The summed E-state index contributed by atoms with van der Waals surface area (Å²) in [6, 6.07) is 13.7. The van der Waals surface area contributed by atoms with Gasteiger partial charge in [0.25, 0.3) is 0 Å². The van der Waals surface area contributed by atoms with Gasteiger partial charge in [0.15, 0.2) is 0 Å². The van der Waals surface area contributed by atoms with Crippen LogP contribution in [0.1, 0.15) is 5.56 Å². The van der Waals surface area contributed by atoms with E-state index in [0.29, 0.717) is 12.3 Å². The number of nitrogens with zero attached hydrogens (tertiary/aromatic N) is 4. The van der Waals surface area contributed by atoms with Crippen molar-refractivity contribution < 1.29 is 4.79 Å². The van der Waals surface area contributed by atoms with E-state index in [0.717, 1.165) is 16.1 Å². The molecule has 122 valence electrons. The minimum atomic E-state index is 0.0873. The molecule has 0 aliphatic rings. The van der Waals surface area contributed by atoms with Gasteiger partial charge in [-0.3, -0.25) is 9.78 Å². The Bertz CT molecular complexity index is 789. The monoisotopic (exact) mass is 338 g/mol. The Morgan fingerprint density at radius 2 is 1.92 bits per heavy atom. The fraction of sp³-hybridized carbons (Fsp3) is 0.167. The van der Waals surface area contributed by atoms with E-state index in [-0.39, 0.29) is 5.91 Å². The van der Waals surface area contributed by atoms with Crippen LogP contribution in [-0.4, -0.2) is 38.4 Å². The second-order valence-corrected chi connectivity index (χ2v) is 6.40. The lowest BCUT2D eigenvalue weighted by Gasteiger charge is -2.15. The van der Waals surface area contributed by atoms with Crippen molar-refractivity contribution in [2.24, 2.45) is 0 Å². The maximum atomic E-state index is 12.3. The summed E-state index contributed by atoms with van der Waals surface area (Å²) in [7, 11) is 1.81. The van der Waals surface area contributed by atoms with Crippen LogP contribution in [0.2, 0.25) is 0 Å². The van der Waals surface area contributed by atoms with E-state index in [9.17, 15) is 4.79 Å². The number of pyridine rings is 1. The SMILES string of the molecule is CN(Cc1cnn(-c2ccccc2)c1)C(=O)CSc1ccncc1. The lowest BCUT2D eigenvalue weighted by atomic mass is 10.3. The van der Waals surface area contributed by atoms with Gasteiger partial charge in [0, 0.05) is 42.6 Å². The van der Waals surface area contributed by atoms with E-state index in [1.165, 1.54) is 11.8 Å². The highest BCUT2D eigenvalue weighted by molar-refractivity contribution is 8.00. The number of amides is 1. The average molecular weight is 338 g/mol. The Balaban J connectivity index is 1.55. The number of hydrogen-bond acceptors (Lipinski definition) is 4. The number of aromatic nitrogens is 3. The minimum Gasteiger partial charge on any atom is -0.341 e. The molecular weight excluding hydrogens is 320 g/mol. The van der Waals surface area contributed by atoms with Gasteiger partial charge < -0.3 is 4.90 Å². The first kappa shape index (κ1) is 16.3. The summed E-state index contributed by atoms with van der Waals surface area (Å²) in [5, 5.41) is 4.36. The molecule has 24 heavy (non-hydrogen) atoms. The van der Waals surface area contributed by atoms with Crippen LogP contribution >= 0.6 is 11.8 Å². The van der Waals surface area contributed by atoms with Gasteiger partial charge in [0.1, 0.15) is 0 Å². The van der Waals surface area contributed by atoms with Gasteiger partial charge in [0.2, 0.25) is 5.91 Å². The first-order valence-corrected chi connectivity index (χ1v) is 8.57. The fourth-order valence-electron chi connectivity index (χ4n) is 2.22. The Kier molecular flexibility index (Phi) is 5.28. The number of carbonyl (C=O) groups is 1. The summed E-state index contributed by atoms with van der Waals surface area (Å²) in [6.45, 7) is 0.544. The molecular formula is C18H18N4OS. The number of benzene rings is 1. The summed E-state index contributed by atoms with van der Waals surface area (Å²) in [5.41, 5.74) is 2.01. The molecule has 2 heterocycles. The predicted molar refractivity (Wildman–Crippen MR) is 95.0 cm³/mol. The molecule has 0 N–H and O–H groups in total. The molecule has 6 heteroatoms. The van der Waals surface area contributed by atoms with E-state index in [4.69, 9.17) is 0 Å². The van der Waals surface area contributed by atoms with Crippen LogP contribution < -0.4 is 0 Å². The lowest BCUT2D eigenvalue weighted by Crippen LogP contribution is -2.27. The van der Waals surface area contributed by atoms with Gasteiger partial charge in [-0.2, -0.15) is 5.10 Å². The molecule has 0 aliphatic carbocycles. The van der Waals surface area contributed by atoms with Crippen molar-refractivity contribution in [3.8, 4) is 5.69 Å². The van der Waals surface area contributed by atoms with Crippen molar-refractivity contribution >= 4 is 17.7 Å². The van der Waals surface area contributed by atoms with Gasteiger partial charge in [-0.05, 0) is 24.3 Å². The molecule has 0 saturated carbocycles. The maximum Gasteiger partial charge on any atom is 0.232 e. The molecule has 5 nitrogen and oxygen atoms in total. The second kappa shape index (κ2) is 7.79. The van der Waals surface area contributed by atoms with E-state index >= 15 is 0 Å². The maximum absolute atomic E-state index is 12.3. The van der Waals surface area contributed by atoms with E-state index in [1.807, 2.05) is 60.4 Å². The second-order valence-electron chi connectivity index (χ2n) is 5.35. The molecule has 3 aromatic rings. The van der Waals surface area contributed by atoms with Gasteiger partial charge in [-0.25, -0.2) is 4.68 Å². The number of hydrogen-bond donors (Lipinski definition) is 0. The van der Waals surface area contributed by atoms with E-state index < -0.39 is 0 Å². The lowest BCUT2D eigenvalue weighted by molar-refractivity contribution is -0.127. The molecule has 0 atom stereocenters. The zero-order valence-corrected chi connectivity index (χ0v) is 14.2. The highest BCUT2D eigenvalue weighted by Gasteiger charge is 2.11. The van der Waals surface area contributed by atoms with Gasteiger partial charge in [-0.15, -0.1) is 11.8 Å². The summed E-state index contributed by atoms with van der Waals surface area (Å²) < 4.78 is 1.82. The molecule has 0 bridgehead atoms. The van der Waals surface area contributed by atoms with Crippen molar-refractivity contribution in [2.75, 3.05) is 12.8 Å². The Hall–Kier alpha value is -2.60. The Labute approximate surface area is 145 Å². The molecule has 0 fully saturated rings. The molecule has 1 amide bonds. The van der Waals surface area contributed by atoms with E-state index in [1.54, 1.807) is 23.5 Å². The van der Waals surface area contributed by atoms with Crippen LogP contribution in [0.4, 0.5) is 0 Å². The van der Waals surface area contributed by atoms with Gasteiger partial charge in [0.05, 0.1) is 17.6 Å². The Morgan fingerprint density at radius 3 is 2.67 bits per heavy atom. The summed E-state index contributed by atoms with van der Waals surface area (Å²) in [5.74, 6) is 0.497. The number of carbonyl (C=O) groups excluding carboxylic acids is 1. The molecule has 3 rings (SSSR count). The number of para-hydroxylation sites is 1. The van der Waals surface area contributed by atoms with Crippen LogP contribution in [0.15, 0.2) is 72.1 Å². The van der Waals surface area contributed by atoms with Crippen LogP contribution in [-0.2, 0) is 11.3 Å². The molecule has 0 spiro atoms. The third kappa shape index (κ3) is 4.23. The normalized spacial score (nSPS) is 10.5. The quantitative estimate of drug-likeness (QED) is 0.648. The predicted octanol–water partition coefficient (Wildman–Crippen LogP) is 3.02. The first-order valence-electron chi connectivity index (χ1n) is 7.58. The van der Waals surface area contributed by atoms with Gasteiger partial charge >= 0.3 is 0 Å². The topological polar surface area (TPSA) is 51.0 Å². The van der Waals surface area contributed by atoms with Crippen molar-refractivity contribution in [1.29, 1.82) is 0 Å². The third-order valence-electron chi connectivity index (χ3n) is 3.51. The average Bonchev–Trinajstić information content (AvgIpc) is 3.10. The fourth-order valence-corrected chi connectivity index (χ4v) is 3.04. The molecule has 1 aromatic carbocycles. The number of rotatable bonds is 6. The molecule has 0 aliphatic heterocycles. The first-order chi connectivity index (χ1) is 11.7. The highest BCUT2D eigenvalue weighted by Crippen LogP contribution is 2.17. The Morgan fingerprint density at radius 1 is 1.17 bits per heavy atom. The van der Waals surface area contributed by atoms with Crippen molar-refractivity contribution in [1.82, 2.24) is 19.7 Å². The highest BCUT2D eigenvalue weighted by atomic mass is 32.2. The van der Waals surface area contributed by atoms with Crippen LogP contribution in [0.3, 0.4) is 0 Å². The van der Waals surface area contributed by atoms with Crippen LogP contribution in [0.25, 0.3) is 5.69 Å². The number of thioether (sulfide) groups is 1. The van der Waals surface area contributed by atoms with Crippen molar-refractivity contribution in [3.63, 3.8) is 0 Å². The minimum absolute atomic E-state index is 0.0873. The van der Waals surface area contributed by atoms with Crippen LogP contribution in [0.5, 0.6) is 0 Å². The largest absolute Gasteiger partial charge is 0.341 e. The standard InChI is InChI=1S/C18H18N4OS/c1-21(18(23)14-24-17-7-9-19-10-8-17)12-15-11-20-22(13-15)16-5-3-2-4-6-16/h2-11,13H,12,14H2,1H3. The third-order valence-corrected chi connectivity index (χ3v) is 4.51. The summed E-state index contributed by atoms with van der Waals surface area (Å²) >= 11 is 1.52. The van der Waals surface area contributed by atoms with Crippen molar-refractivity contribution in [3.05, 3.63) is 72.8 Å². The van der Waals surface area contributed by atoms with Gasteiger partial charge in [-0.1, -0.05) is 18.2 Å². The van der Waals surface area contributed by atoms with E-state index in [2.05, 4.69) is 10.1 Å². The van der Waals surface area contributed by atoms with Crippen LogP contribution in [0, 0.1) is 0 Å². The molecule has 0 radical (unpaired) electrons. The zero-order valence-electron chi connectivity index (χ0n) is 13.4. The smallest absolute Gasteiger partial charge is 0.232 e. The zero-order chi connectivity index (χ0) is 16.8. The van der Waals surface area contributed by atoms with Crippen molar-refractivity contribution in [2.45, 2.75) is 11.4 Å². The molecule has 0 unspecified atom stereocenters. The summed E-state index contributed by atoms with van der Waals surface area (Å²) in [6.07, 6.45) is 7.21. The molecule has 2 aromatic heterocycles. The summed E-state index contributed by atoms with van der Waals surface area (Å²) in [4.78, 5) is 19.0. The molecule has 0 saturated heterocycles.